The van der Waals surface area contributed by atoms with E-state index in [2.05, 4.69) is 48.9 Å². The molecule has 1 aliphatic rings. The molecule has 3 rings (SSSR count). The molecule has 2 aromatic carbocycles. The number of aryl methyl sites for hydroxylation is 2. The Hall–Kier alpha value is -2.37. The molecule has 0 spiro atoms. The van der Waals surface area contributed by atoms with E-state index in [4.69, 9.17) is 0 Å². The number of benzene rings is 2. The molecule has 0 unspecified atom stereocenters. The Kier molecular flexibility index (Phi) is 6.48. The van der Waals surface area contributed by atoms with Crippen LogP contribution in [-0.4, -0.2) is 45.8 Å². The number of quaternary nitrogens is 2. The molecule has 1 saturated heterocycles. The van der Waals surface area contributed by atoms with Crippen molar-refractivity contribution < 1.29 is 14.6 Å². The van der Waals surface area contributed by atoms with Crippen LogP contribution in [0, 0.1) is 13.8 Å². The maximum Gasteiger partial charge on any atom is 0.319 e. The molecular weight excluding hydrogens is 336 g/mol. The van der Waals surface area contributed by atoms with Gasteiger partial charge in [-0.05, 0) is 31.5 Å². The van der Waals surface area contributed by atoms with E-state index >= 15 is 0 Å². The average Bonchev–Trinajstić information content (AvgIpc) is 2.64. The molecule has 1 heterocycles. The Morgan fingerprint density at radius 1 is 1.00 bits per heavy atom. The van der Waals surface area contributed by atoms with E-state index in [1.54, 1.807) is 9.80 Å². The van der Waals surface area contributed by atoms with Crippen molar-refractivity contribution in [2.24, 2.45) is 0 Å². The number of carbonyl (C=O) groups is 1. The summed E-state index contributed by atoms with van der Waals surface area (Å²) < 4.78 is 0. The summed E-state index contributed by atoms with van der Waals surface area (Å²) in [6, 6.07) is 16.7. The van der Waals surface area contributed by atoms with Crippen molar-refractivity contribution in [1.29, 1.82) is 0 Å². The quantitative estimate of drug-likeness (QED) is 0.613. The molecule has 0 saturated carbocycles. The first-order valence-corrected chi connectivity index (χ1v) is 9.85. The number of likely N-dealkylation sites (N-methyl/N-ethyl adjacent to an activating group) is 1. The highest BCUT2D eigenvalue weighted by molar-refractivity contribution is 5.89. The molecule has 27 heavy (non-hydrogen) atoms. The van der Waals surface area contributed by atoms with Gasteiger partial charge in [0.2, 0.25) is 0 Å². The molecule has 5 nitrogen and oxygen atoms in total. The highest BCUT2D eigenvalue weighted by atomic mass is 16.2. The smallest absolute Gasteiger partial charge is 0.319 e. The Morgan fingerprint density at radius 2 is 1.70 bits per heavy atom. The Morgan fingerprint density at radius 3 is 2.37 bits per heavy atom. The van der Waals surface area contributed by atoms with Gasteiger partial charge in [-0.3, -0.25) is 0 Å². The topological polar surface area (TPSA) is 50.0 Å². The number of piperazine rings is 1. The third-order valence-electron chi connectivity index (χ3n) is 5.46. The van der Waals surface area contributed by atoms with E-state index < -0.39 is 0 Å². The van der Waals surface area contributed by atoms with Crippen LogP contribution in [0.4, 0.5) is 10.5 Å². The molecule has 1 fully saturated rings. The normalized spacial score (nSPS) is 20.7. The molecule has 2 aromatic rings. The molecule has 1 aliphatic heterocycles. The van der Waals surface area contributed by atoms with Crippen molar-refractivity contribution >= 4 is 11.7 Å². The molecule has 2 amide bonds. The molecule has 0 bridgehead atoms. The van der Waals surface area contributed by atoms with E-state index in [0.717, 1.165) is 24.3 Å². The van der Waals surface area contributed by atoms with Crippen molar-refractivity contribution in [1.82, 2.24) is 5.32 Å². The summed E-state index contributed by atoms with van der Waals surface area (Å²) in [4.78, 5) is 15.6. The lowest BCUT2D eigenvalue weighted by molar-refractivity contribution is -1.02. The Labute approximate surface area is 162 Å². The second-order valence-corrected chi connectivity index (χ2v) is 7.78. The third-order valence-corrected chi connectivity index (χ3v) is 5.46. The van der Waals surface area contributed by atoms with Crippen LogP contribution in [0.1, 0.15) is 22.7 Å². The summed E-state index contributed by atoms with van der Waals surface area (Å²) in [6.07, 6.45) is 0. The summed E-state index contributed by atoms with van der Waals surface area (Å²) in [6.45, 7) is 9.38. The minimum atomic E-state index is -0.142. The molecule has 0 radical (unpaired) electrons. The highest BCUT2D eigenvalue weighted by Crippen LogP contribution is 2.12. The predicted octanol–water partition coefficient (Wildman–Crippen LogP) is 0.579. The second-order valence-electron chi connectivity index (χ2n) is 7.78. The zero-order valence-electron chi connectivity index (χ0n) is 16.6. The standard InChI is InChI=1S/C22H30N4O/c1-17-7-9-19(10-8-17)21(26-13-11-25(3)12-14-26)16-23-22(27)24-20-6-4-5-18(2)15-20/h4-10,15,21H,11-14,16H2,1-3H3,(H2,23,24,27)/p+2/t21-/m1/s1. The van der Waals surface area contributed by atoms with Crippen LogP contribution >= 0.6 is 0 Å². The lowest BCUT2D eigenvalue weighted by atomic mass is 10.0. The van der Waals surface area contributed by atoms with Gasteiger partial charge in [-0.1, -0.05) is 42.0 Å². The molecule has 144 valence electrons. The van der Waals surface area contributed by atoms with Gasteiger partial charge in [-0.25, -0.2) is 4.79 Å². The second kappa shape index (κ2) is 9.02. The van der Waals surface area contributed by atoms with Crippen molar-refractivity contribution in [3.8, 4) is 0 Å². The Balaban J connectivity index is 1.65. The number of urea groups is 1. The summed E-state index contributed by atoms with van der Waals surface area (Å²) in [5.41, 5.74) is 4.52. The van der Waals surface area contributed by atoms with E-state index in [0.29, 0.717) is 6.54 Å². The number of rotatable bonds is 5. The van der Waals surface area contributed by atoms with Crippen molar-refractivity contribution in [2.45, 2.75) is 19.9 Å². The largest absolute Gasteiger partial charge is 0.332 e. The van der Waals surface area contributed by atoms with Crippen LogP contribution in [0.5, 0.6) is 0 Å². The van der Waals surface area contributed by atoms with Gasteiger partial charge in [0.25, 0.3) is 0 Å². The fourth-order valence-corrected chi connectivity index (χ4v) is 3.74. The zero-order valence-corrected chi connectivity index (χ0v) is 16.6. The van der Waals surface area contributed by atoms with Crippen LogP contribution < -0.4 is 20.4 Å². The van der Waals surface area contributed by atoms with E-state index in [1.807, 2.05) is 31.2 Å². The summed E-state index contributed by atoms with van der Waals surface area (Å²) in [5, 5.41) is 6.04. The van der Waals surface area contributed by atoms with Crippen LogP contribution in [-0.2, 0) is 0 Å². The zero-order chi connectivity index (χ0) is 19.2. The number of anilines is 1. The average molecular weight is 369 g/mol. The predicted molar refractivity (Wildman–Crippen MR) is 109 cm³/mol. The van der Waals surface area contributed by atoms with Gasteiger partial charge in [0.05, 0.1) is 13.6 Å². The van der Waals surface area contributed by atoms with Gasteiger partial charge >= 0.3 is 6.03 Å². The minimum Gasteiger partial charge on any atom is -0.332 e. The molecule has 1 atom stereocenters. The SMILES string of the molecule is Cc1ccc([C@@H](CNC(=O)Nc2cccc(C)c2)[NH+]2CC[NH+](C)CC2)cc1. The first kappa shape index (κ1) is 19.4. The molecule has 4 N–H and O–H groups in total. The van der Waals surface area contributed by atoms with Crippen molar-refractivity contribution in [3.05, 3.63) is 65.2 Å². The van der Waals surface area contributed by atoms with E-state index in [1.165, 1.54) is 24.2 Å². The monoisotopic (exact) mass is 368 g/mol. The number of nitrogens with one attached hydrogen (secondary N) is 4. The molecular formula is C22H32N4O+2. The third kappa shape index (κ3) is 5.55. The fraction of sp³-hybridized carbons (Fsp3) is 0.409. The maximum absolute atomic E-state index is 12.4. The lowest BCUT2D eigenvalue weighted by Gasteiger charge is -2.33. The van der Waals surface area contributed by atoms with Gasteiger partial charge in [-0.2, -0.15) is 0 Å². The van der Waals surface area contributed by atoms with Crippen LogP contribution in [0.2, 0.25) is 0 Å². The number of amides is 2. The first-order valence-electron chi connectivity index (χ1n) is 9.85. The summed E-state index contributed by atoms with van der Waals surface area (Å²) in [7, 11) is 2.26. The van der Waals surface area contributed by atoms with Gasteiger partial charge in [0, 0.05) is 11.3 Å². The lowest BCUT2D eigenvalue weighted by Crippen LogP contribution is -3.27. The number of carbonyl (C=O) groups excluding carboxylic acids is 1. The molecule has 0 aliphatic carbocycles. The van der Waals surface area contributed by atoms with E-state index in [9.17, 15) is 4.79 Å². The van der Waals surface area contributed by atoms with Gasteiger partial charge in [-0.15, -0.1) is 0 Å². The van der Waals surface area contributed by atoms with Crippen molar-refractivity contribution in [3.63, 3.8) is 0 Å². The van der Waals surface area contributed by atoms with E-state index in [-0.39, 0.29) is 12.1 Å². The molecule has 5 heteroatoms. The number of hydrogen-bond donors (Lipinski definition) is 4. The van der Waals surface area contributed by atoms with Crippen LogP contribution in [0.25, 0.3) is 0 Å². The maximum atomic E-state index is 12.4. The number of hydrogen-bond acceptors (Lipinski definition) is 1. The minimum absolute atomic E-state index is 0.142. The highest BCUT2D eigenvalue weighted by Gasteiger charge is 2.29. The van der Waals surface area contributed by atoms with Gasteiger partial charge in [0.15, 0.2) is 0 Å². The van der Waals surface area contributed by atoms with Crippen molar-refractivity contribution in [2.75, 3.05) is 45.1 Å². The summed E-state index contributed by atoms with van der Waals surface area (Å²) >= 11 is 0. The van der Waals surface area contributed by atoms with Gasteiger partial charge in [0.1, 0.15) is 32.2 Å². The van der Waals surface area contributed by atoms with Gasteiger partial charge < -0.3 is 20.4 Å². The van der Waals surface area contributed by atoms with Crippen LogP contribution in [0.15, 0.2) is 48.5 Å². The van der Waals surface area contributed by atoms with Crippen LogP contribution in [0.3, 0.4) is 0 Å². The fourth-order valence-electron chi connectivity index (χ4n) is 3.74. The molecule has 0 aromatic heterocycles. The first-order chi connectivity index (χ1) is 13.0. The Bertz CT molecular complexity index is 751. The summed E-state index contributed by atoms with van der Waals surface area (Å²) in [5.74, 6) is 0.